The van der Waals surface area contributed by atoms with Crippen LogP contribution in [0.1, 0.15) is 22.3 Å². The summed E-state index contributed by atoms with van der Waals surface area (Å²) in [7, 11) is 0. The molecule has 0 aliphatic carbocycles. The van der Waals surface area contributed by atoms with E-state index in [1.165, 1.54) is 0 Å². The Bertz CT molecular complexity index is 1190. The minimum Gasteiger partial charge on any atom is -0.489 e. The molecule has 4 aromatic carbocycles. The molecule has 0 aliphatic rings. The van der Waals surface area contributed by atoms with Crippen LogP contribution < -0.4 is 9.47 Å². The molecule has 0 radical (unpaired) electrons. The maximum Gasteiger partial charge on any atom is 0.119 e. The van der Waals surface area contributed by atoms with Gasteiger partial charge in [-0.3, -0.25) is 0 Å². The molecule has 0 N–H and O–H groups in total. The van der Waals surface area contributed by atoms with Gasteiger partial charge in [0.15, 0.2) is 0 Å². The molecule has 4 aromatic rings. The summed E-state index contributed by atoms with van der Waals surface area (Å²) in [6, 6.07) is 37.7. The van der Waals surface area contributed by atoms with E-state index < -0.39 is 0 Å². The molecule has 0 heterocycles. The molecule has 3 nitrogen and oxygen atoms in total. The van der Waals surface area contributed by atoms with Crippen LogP contribution in [0, 0.1) is 11.3 Å². The molecule has 0 spiro atoms. The zero-order valence-corrected chi connectivity index (χ0v) is 17.6. The van der Waals surface area contributed by atoms with E-state index in [0.717, 1.165) is 33.8 Å². The molecule has 0 aromatic heterocycles. The Morgan fingerprint density at radius 2 is 1.09 bits per heavy atom. The summed E-state index contributed by atoms with van der Waals surface area (Å²) in [6.45, 7) is 1.04. The fourth-order valence-electron chi connectivity index (χ4n) is 3.22. The second-order valence-corrected chi connectivity index (χ2v) is 7.31. The molecule has 0 aliphatic heterocycles. The number of allylic oxidation sites excluding steroid dienone is 1. The van der Waals surface area contributed by atoms with E-state index in [2.05, 4.69) is 6.07 Å². The average molecular weight is 418 g/mol. The van der Waals surface area contributed by atoms with Gasteiger partial charge in [0.25, 0.3) is 0 Å². The third kappa shape index (κ3) is 5.87. The SMILES string of the molecule is N#C/C(=C\c1ccc(OCc2ccccc2)cc1)c1ccc(OCc2ccccc2)cc1. The Morgan fingerprint density at radius 3 is 1.56 bits per heavy atom. The van der Waals surface area contributed by atoms with Gasteiger partial charge in [0.05, 0.1) is 11.6 Å². The molecule has 0 fully saturated rings. The highest BCUT2D eigenvalue weighted by Gasteiger charge is 2.03. The molecule has 0 saturated carbocycles. The van der Waals surface area contributed by atoms with Crippen molar-refractivity contribution < 1.29 is 9.47 Å². The van der Waals surface area contributed by atoms with E-state index in [0.29, 0.717) is 18.8 Å². The van der Waals surface area contributed by atoms with Crippen LogP contribution >= 0.6 is 0 Å². The highest BCUT2D eigenvalue weighted by atomic mass is 16.5. The molecule has 0 atom stereocenters. The summed E-state index contributed by atoms with van der Waals surface area (Å²) < 4.78 is 11.7. The van der Waals surface area contributed by atoms with Crippen molar-refractivity contribution in [2.75, 3.05) is 0 Å². The van der Waals surface area contributed by atoms with Gasteiger partial charge in [-0.05, 0) is 64.7 Å². The standard InChI is InChI=1S/C29H23NO2/c30-20-27(26-13-17-29(18-14-26)32-22-25-9-5-2-6-10-25)19-23-11-15-28(16-12-23)31-21-24-7-3-1-4-8-24/h1-19H,21-22H2/b27-19+. The van der Waals surface area contributed by atoms with Gasteiger partial charge in [-0.2, -0.15) is 5.26 Å². The molecule has 0 saturated heterocycles. The van der Waals surface area contributed by atoms with Crippen LogP contribution in [0.2, 0.25) is 0 Å². The lowest BCUT2D eigenvalue weighted by atomic mass is 10.0. The van der Waals surface area contributed by atoms with Gasteiger partial charge in [0.2, 0.25) is 0 Å². The van der Waals surface area contributed by atoms with Gasteiger partial charge >= 0.3 is 0 Å². The number of ether oxygens (including phenoxy) is 2. The average Bonchev–Trinajstić information content (AvgIpc) is 2.87. The first-order chi connectivity index (χ1) is 15.8. The summed E-state index contributed by atoms with van der Waals surface area (Å²) in [4.78, 5) is 0. The molecule has 0 amide bonds. The number of hydrogen-bond donors (Lipinski definition) is 0. The third-order valence-corrected chi connectivity index (χ3v) is 4.97. The smallest absolute Gasteiger partial charge is 0.119 e. The Morgan fingerprint density at radius 1 is 0.625 bits per heavy atom. The number of benzene rings is 4. The summed E-state index contributed by atoms with van der Waals surface area (Å²) in [6.07, 6.45) is 1.88. The van der Waals surface area contributed by atoms with Crippen molar-refractivity contribution in [2.24, 2.45) is 0 Å². The van der Waals surface area contributed by atoms with Crippen LogP contribution in [0.5, 0.6) is 11.5 Å². The monoisotopic (exact) mass is 417 g/mol. The minimum atomic E-state index is 0.514. The van der Waals surface area contributed by atoms with E-state index in [4.69, 9.17) is 9.47 Å². The number of nitriles is 1. The van der Waals surface area contributed by atoms with Gasteiger partial charge in [-0.15, -0.1) is 0 Å². The molecule has 4 rings (SSSR count). The van der Waals surface area contributed by atoms with E-state index in [1.54, 1.807) is 0 Å². The normalized spacial score (nSPS) is 10.9. The Labute approximate surface area is 188 Å². The van der Waals surface area contributed by atoms with Crippen LogP contribution in [0.25, 0.3) is 11.6 Å². The molecule has 32 heavy (non-hydrogen) atoms. The van der Waals surface area contributed by atoms with Gasteiger partial charge in [-0.1, -0.05) is 72.8 Å². The van der Waals surface area contributed by atoms with Crippen LogP contribution in [0.15, 0.2) is 109 Å². The van der Waals surface area contributed by atoms with Crippen molar-refractivity contribution in [3.8, 4) is 17.6 Å². The van der Waals surface area contributed by atoms with Crippen LogP contribution in [0.4, 0.5) is 0 Å². The summed E-state index contributed by atoms with van der Waals surface area (Å²) in [5, 5.41) is 9.65. The quantitative estimate of drug-likeness (QED) is 0.231. The zero-order chi connectivity index (χ0) is 22.0. The molecule has 156 valence electrons. The highest BCUT2D eigenvalue weighted by Crippen LogP contribution is 2.23. The van der Waals surface area contributed by atoms with Crippen LogP contribution in [-0.4, -0.2) is 0 Å². The van der Waals surface area contributed by atoms with Crippen molar-refractivity contribution in [1.29, 1.82) is 5.26 Å². The lowest BCUT2D eigenvalue weighted by Gasteiger charge is -2.08. The van der Waals surface area contributed by atoms with Gasteiger partial charge in [-0.25, -0.2) is 0 Å². The second kappa shape index (κ2) is 10.7. The van der Waals surface area contributed by atoms with Gasteiger partial charge < -0.3 is 9.47 Å². The summed E-state index contributed by atoms with van der Waals surface area (Å²) >= 11 is 0. The molecular formula is C29H23NO2. The number of rotatable bonds is 8. The van der Waals surface area contributed by atoms with Crippen LogP contribution in [0.3, 0.4) is 0 Å². The first-order valence-corrected chi connectivity index (χ1v) is 10.5. The fraction of sp³-hybridized carbons (Fsp3) is 0.0690. The van der Waals surface area contributed by atoms with Gasteiger partial charge in [0, 0.05) is 0 Å². The third-order valence-electron chi connectivity index (χ3n) is 4.97. The lowest BCUT2D eigenvalue weighted by Crippen LogP contribution is -1.95. The van der Waals surface area contributed by atoms with Crippen molar-refractivity contribution in [2.45, 2.75) is 13.2 Å². The van der Waals surface area contributed by atoms with E-state index in [1.807, 2.05) is 115 Å². The van der Waals surface area contributed by atoms with Crippen molar-refractivity contribution in [3.05, 3.63) is 131 Å². The predicted molar refractivity (Wildman–Crippen MR) is 128 cm³/mol. The fourth-order valence-corrected chi connectivity index (χ4v) is 3.22. The Hall–Kier alpha value is -4.29. The first kappa shape index (κ1) is 21.0. The predicted octanol–water partition coefficient (Wildman–Crippen LogP) is 6.91. The summed E-state index contributed by atoms with van der Waals surface area (Å²) in [5.41, 5.74) is 4.63. The number of nitrogens with zero attached hydrogens (tertiary/aromatic N) is 1. The molecular weight excluding hydrogens is 394 g/mol. The van der Waals surface area contributed by atoms with Crippen molar-refractivity contribution >= 4 is 11.6 Å². The lowest BCUT2D eigenvalue weighted by molar-refractivity contribution is 0.306. The summed E-state index contributed by atoms with van der Waals surface area (Å²) in [5.74, 6) is 1.57. The Kier molecular flexibility index (Phi) is 6.98. The largest absolute Gasteiger partial charge is 0.489 e. The zero-order valence-electron chi connectivity index (χ0n) is 17.6. The first-order valence-electron chi connectivity index (χ1n) is 10.5. The Balaban J connectivity index is 1.38. The van der Waals surface area contributed by atoms with E-state index >= 15 is 0 Å². The second-order valence-electron chi connectivity index (χ2n) is 7.31. The van der Waals surface area contributed by atoms with Crippen LogP contribution in [-0.2, 0) is 13.2 Å². The highest BCUT2D eigenvalue weighted by molar-refractivity contribution is 5.89. The van der Waals surface area contributed by atoms with E-state index in [9.17, 15) is 5.26 Å². The number of hydrogen-bond acceptors (Lipinski definition) is 3. The van der Waals surface area contributed by atoms with Gasteiger partial charge in [0.1, 0.15) is 24.7 Å². The topological polar surface area (TPSA) is 42.2 Å². The minimum absolute atomic E-state index is 0.514. The molecule has 0 unspecified atom stereocenters. The molecule has 3 heteroatoms. The van der Waals surface area contributed by atoms with E-state index in [-0.39, 0.29) is 0 Å². The maximum atomic E-state index is 9.65. The molecule has 0 bridgehead atoms. The van der Waals surface area contributed by atoms with Crippen molar-refractivity contribution in [3.63, 3.8) is 0 Å². The van der Waals surface area contributed by atoms with Crippen molar-refractivity contribution in [1.82, 2.24) is 0 Å². The maximum absolute atomic E-state index is 9.65.